The minimum Gasteiger partial charge on any atom is -0.497 e. The van der Waals surface area contributed by atoms with Gasteiger partial charge in [0.2, 0.25) is 0 Å². The fraction of sp³-hybridized carbons (Fsp3) is 0.286. The number of ether oxygens (including phenoxy) is 2. The lowest BCUT2D eigenvalue weighted by atomic mass is 10.2. The van der Waals surface area contributed by atoms with E-state index in [9.17, 15) is 0 Å². The molecular weight excluding hydrogens is 242 g/mol. The van der Waals surface area contributed by atoms with Crippen LogP contribution in [0.1, 0.15) is 11.3 Å². The lowest BCUT2D eigenvalue weighted by Gasteiger charge is -2.11. The van der Waals surface area contributed by atoms with E-state index in [0.717, 1.165) is 17.0 Å². The van der Waals surface area contributed by atoms with Crippen molar-refractivity contribution in [3.63, 3.8) is 0 Å². The van der Waals surface area contributed by atoms with Gasteiger partial charge < -0.3 is 14.8 Å². The molecule has 0 amide bonds. The molecule has 0 aliphatic carbocycles. The van der Waals surface area contributed by atoms with Crippen LogP contribution in [0, 0.1) is 6.92 Å². The van der Waals surface area contributed by atoms with Crippen LogP contribution >= 0.6 is 0 Å². The Morgan fingerprint density at radius 3 is 2.42 bits per heavy atom. The highest BCUT2D eigenvalue weighted by molar-refractivity contribution is 5.52. The number of aryl methyl sites for hydroxylation is 1. The first-order valence-electron chi connectivity index (χ1n) is 5.97. The summed E-state index contributed by atoms with van der Waals surface area (Å²) in [7, 11) is 3.27. The first-order chi connectivity index (χ1) is 9.24. The van der Waals surface area contributed by atoms with Crippen LogP contribution in [0.25, 0.3) is 0 Å². The molecule has 0 unspecified atom stereocenters. The molecule has 0 atom stereocenters. The Morgan fingerprint density at radius 1 is 1.05 bits per heavy atom. The summed E-state index contributed by atoms with van der Waals surface area (Å²) in [6.07, 6.45) is 1.52. The van der Waals surface area contributed by atoms with Gasteiger partial charge in [-0.1, -0.05) is 12.1 Å². The Hall–Kier alpha value is -2.30. The molecule has 0 saturated carbocycles. The number of hydrogen-bond donors (Lipinski definition) is 1. The van der Waals surface area contributed by atoms with Gasteiger partial charge in [0, 0.05) is 6.54 Å². The molecule has 1 aromatic heterocycles. The van der Waals surface area contributed by atoms with E-state index in [1.807, 2.05) is 31.2 Å². The molecular formula is C14H17N3O2. The second-order valence-electron chi connectivity index (χ2n) is 4.04. The van der Waals surface area contributed by atoms with Crippen LogP contribution < -0.4 is 14.8 Å². The minimum atomic E-state index is 0.663. The standard InChI is InChI=1S/C14H17N3O2/c1-10-13(19-3)14(17-9-16-10)15-8-11-4-6-12(18-2)7-5-11/h4-7,9H,8H2,1-3H3,(H,15,16,17). The molecule has 5 nitrogen and oxygen atoms in total. The molecule has 0 bridgehead atoms. The summed E-state index contributed by atoms with van der Waals surface area (Å²) < 4.78 is 10.4. The lowest BCUT2D eigenvalue weighted by molar-refractivity contribution is 0.409. The third-order valence-corrected chi connectivity index (χ3v) is 2.81. The summed E-state index contributed by atoms with van der Waals surface area (Å²) in [4.78, 5) is 8.28. The van der Waals surface area contributed by atoms with Crippen LogP contribution in [0.3, 0.4) is 0 Å². The SMILES string of the molecule is COc1ccc(CNc2ncnc(C)c2OC)cc1. The van der Waals surface area contributed by atoms with E-state index in [-0.39, 0.29) is 0 Å². The van der Waals surface area contributed by atoms with Crippen LogP contribution in [0.2, 0.25) is 0 Å². The highest BCUT2D eigenvalue weighted by Crippen LogP contribution is 2.24. The quantitative estimate of drug-likeness (QED) is 0.893. The van der Waals surface area contributed by atoms with Crippen LogP contribution in [0.4, 0.5) is 5.82 Å². The van der Waals surface area contributed by atoms with Gasteiger partial charge in [-0.15, -0.1) is 0 Å². The van der Waals surface area contributed by atoms with Gasteiger partial charge in [0.1, 0.15) is 12.1 Å². The van der Waals surface area contributed by atoms with Crippen molar-refractivity contribution in [3.8, 4) is 11.5 Å². The maximum Gasteiger partial charge on any atom is 0.182 e. The molecule has 0 radical (unpaired) electrons. The largest absolute Gasteiger partial charge is 0.497 e. The third kappa shape index (κ3) is 3.13. The van der Waals surface area contributed by atoms with Crippen LogP contribution in [0.15, 0.2) is 30.6 Å². The lowest BCUT2D eigenvalue weighted by Crippen LogP contribution is -2.05. The van der Waals surface area contributed by atoms with E-state index in [4.69, 9.17) is 9.47 Å². The van der Waals surface area contributed by atoms with Crippen molar-refractivity contribution in [1.82, 2.24) is 9.97 Å². The summed E-state index contributed by atoms with van der Waals surface area (Å²) in [6, 6.07) is 7.87. The number of benzene rings is 1. The van der Waals surface area contributed by atoms with E-state index in [1.165, 1.54) is 6.33 Å². The van der Waals surface area contributed by atoms with Crippen molar-refractivity contribution in [2.75, 3.05) is 19.5 Å². The Balaban J connectivity index is 2.07. The number of rotatable bonds is 5. The molecule has 2 rings (SSSR count). The van der Waals surface area contributed by atoms with Crippen molar-refractivity contribution >= 4 is 5.82 Å². The maximum absolute atomic E-state index is 5.29. The molecule has 100 valence electrons. The van der Waals surface area contributed by atoms with Gasteiger partial charge in [0.15, 0.2) is 11.6 Å². The molecule has 0 spiro atoms. The van der Waals surface area contributed by atoms with Gasteiger partial charge in [-0.2, -0.15) is 0 Å². The number of methoxy groups -OCH3 is 2. The molecule has 2 aromatic rings. The van der Waals surface area contributed by atoms with Crippen molar-refractivity contribution in [1.29, 1.82) is 0 Å². The van der Waals surface area contributed by atoms with E-state index in [0.29, 0.717) is 18.1 Å². The molecule has 0 aliphatic rings. The second kappa shape index (κ2) is 6.04. The molecule has 0 aliphatic heterocycles. The summed E-state index contributed by atoms with van der Waals surface area (Å²) in [5.41, 5.74) is 1.95. The average molecular weight is 259 g/mol. The van der Waals surface area contributed by atoms with Crippen LogP contribution in [-0.4, -0.2) is 24.2 Å². The zero-order valence-corrected chi connectivity index (χ0v) is 11.3. The molecule has 19 heavy (non-hydrogen) atoms. The van der Waals surface area contributed by atoms with Crippen LogP contribution in [0.5, 0.6) is 11.5 Å². The first-order valence-corrected chi connectivity index (χ1v) is 5.97. The average Bonchev–Trinajstić information content (AvgIpc) is 2.45. The molecule has 5 heteroatoms. The highest BCUT2D eigenvalue weighted by atomic mass is 16.5. The Bertz CT molecular complexity index is 541. The van der Waals surface area contributed by atoms with Gasteiger partial charge in [-0.25, -0.2) is 9.97 Å². The van der Waals surface area contributed by atoms with Crippen molar-refractivity contribution in [2.45, 2.75) is 13.5 Å². The summed E-state index contributed by atoms with van der Waals surface area (Å²) in [5.74, 6) is 2.22. The summed E-state index contributed by atoms with van der Waals surface area (Å²) in [6.45, 7) is 2.55. The van der Waals surface area contributed by atoms with Gasteiger partial charge in [-0.3, -0.25) is 0 Å². The zero-order valence-electron chi connectivity index (χ0n) is 11.3. The van der Waals surface area contributed by atoms with Crippen molar-refractivity contribution < 1.29 is 9.47 Å². The third-order valence-electron chi connectivity index (χ3n) is 2.81. The van der Waals surface area contributed by atoms with Gasteiger partial charge in [0.05, 0.1) is 19.9 Å². The van der Waals surface area contributed by atoms with E-state index >= 15 is 0 Å². The Morgan fingerprint density at radius 2 is 1.79 bits per heavy atom. The number of nitrogens with zero attached hydrogens (tertiary/aromatic N) is 2. The number of nitrogens with one attached hydrogen (secondary N) is 1. The van der Waals surface area contributed by atoms with Gasteiger partial charge in [0.25, 0.3) is 0 Å². The molecule has 1 N–H and O–H groups in total. The minimum absolute atomic E-state index is 0.663. The van der Waals surface area contributed by atoms with E-state index in [2.05, 4.69) is 15.3 Å². The van der Waals surface area contributed by atoms with Gasteiger partial charge >= 0.3 is 0 Å². The normalized spacial score (nSPS) is 10.1. The second-order valence-corrected chi connectivity index (χ2v) is 4.04. The van der Waals surface area contributed by atoms with E-state index < -0.39 is 0 Å². The van der Waals surface area contributed by atoms with Crippen molar-refractivity contribution in [3.05, 3.63) is 41.9 Å². The first kappa shape index (κ1) is 13.1. The molecule has 0 saturated heterocycles. The number of hydrogen-bond acceptors (Lipinski definition) is 5. The molecule has 1 aromatic carbocycles. The predicted octanol–water partition coefficient (Wildman–Crippen LogP) is 2.41. The van der Waals surface area contributed by atoms with Crippen LogP contribution in [-0.2, 0) is 6.54 Å². The fourth-order valence-corrected chi connectivity index (χ4v) is 1.76. The Kier molecular flexibility index (Phi) is 4.18. The maximum atomic E-state index is 5.29. The number of aromatic nitrogens is 2. The summed E-state index contributed by atoms with van der Waals surface area (Å²) >= 11 is 0. The summed E-state index contributed by atoms with van der Waals surface area (Å²) in [5, 5.41) is 3.24. The Labute approximate surface area is 112 Å². The highest BCUT2D eigenvalue weighted by Gasteiger charge is 2.07. The number of anilines is 1. The zero-order chi connectivity index (χ0) is 13.7. The van der Waals surface area contributed by atoms with Gasteiger partial charge in [-0.05, 0) is 24.6 Å². The van der Waals surface area contributed by atoms with E-state index in [1.54, 1.807) is 14.2 Å². The smallest absolute Gasteiger partial charge is 0.182 e. The molecule has 1 heterocycles. The monoisotopic (exact) mass is 259 g/mol. The predicted molar refractivity (Wildman–Crippen MR) is 73.6 cm³/mol. The van der Waals surface area contributed by atoms with Crippen molar-refractivity contribution in [2.24, 2.45) is 0 Å². The topological polar surface area (TPSA) is 56.3 Å². The fourth-order valence-electron chi connectivity index (χ4n) is 1.76. The molecule has 0 fully saturated rings.